The summed E-state index contributed by atoms with van der Waals surface area (Å²) < 4.78 is 12.1. The molecule has 0 spiro atoms. The van der Waals surface area contributed by atoms with Crippen LogP contribution < -0.4 is 0 Å². The average Bonchev–Trinajstić information content (AvgIpc) is 3.22. The maximum Gasteiger partial charge on any atom is 0.313 e. The van der Waals surface area contributed by atoms with E-state index in [1.54, 1.807) is 11.5 Å². The minimum absolute atomic E-state index is 0.111. The number of aromatic nitrogens is 4. The number of ether oxygens (including phenoxy) is 1. The van der Waals surface area contributed by atoms with E-state index >= 15 is 0 Å². The maximum absolute atomic E-state index is 11.6. The van der Waals surface area contributed by atoms with Crippen LogP contribution in [0.1, 0.15) is 18.4 Å². The highest BCUT2D eigenvalue weighted by atomic mass is 32.2. The zero-order chi connectivity index (χ0) is 17.6. The van der Waals surface area contributed by atoms with Crippen LogP contribution in [0.15, 0.2) is 46.1 Å². The average molecular weight is 358 g/mol. The highest BCUT2D eigenvalue weighted by Gasteiger charge is 2.15. The van der Waals surface area contributed by atoms with Crippen molar-refractivity contribution in [2.75, 3.05) is 6.61 Å². The van der Waals surface area contributed by atoms with Gasteiger partial charge in [-0.05, 0) is 6.92 Å². The quantitative estimate of drug-likeness (QED) is 0.474. The Hall–Kier alpha value is -2.61. The molecule has 2 heterocycles. The van der Waals surface area contributed by atoms with E-state index in [4.69, 9.17) is 9.26 Å². The van der Waals surface area contributed by atoms with Crippen molar-refractivity contribution < 1.29 is 14.1 Å². The number of thioether (sulfide) groups is 1. The topological polar surface area (TPSA) is 83.0 Å². The predicted molar refractivity (Wildman–Crippen MR) is 92.8 cm³/mol. The Balaban J connectivity index is 1.62. The number of hydrogen-bond donors (Lipinski definition) is 0. The second-order valence-electron chi connectivity index (χ2n) is 5.28. The number of esters is 1. The molecule has 8 heteroatoms. The van der Waals surface area contributed by atoms with Gasteiger partial charge in [-0.25, -0.2) is 0 Å². The first-order valence-corrected chi connectivity index (χ1v) is 8.83. The van der Waals surface area contributed by atoms with Crippen LogP contribution in [-0.2, 0) is 28.8 Å². The molecule has 0 aliphatic carbocycles. The third kappa shape index (κ3) is 4.27. The first-order valence-electron chi connectivity index (χ1n) is 7.85. The van der Waals surface area contributed by atoms with Gasteiger partial charge in [-0.2, -0.15) is 0 Å². The van der Waals surface area contributed by atoms with E-state index in [1.165, 1.54) is 11.8 Å². The number of benzene rings is 1. The van der Waals surface area contributed by atoms with Crippen LogP contribution in [-0.4, -0.2) is 32.5 Å². The van der Waals surface area contributed by atoms with Gasteiger partial charge in [-0.1, -0.05) is 47.3 Å². The van der Waals surface area contributed by atoms with E-state index in [1.807, 2.05) is 43.4 Å². The van der Waals surface area contributed by atoms with Gasteiger partial charge < -0.3 is 13.8 Å². The highest BCUT2D eigenvalue weighted by molar-refractivity contribution is 7.98. The molecular weight excluding hydrogens is 340 g/mol. The monoisotopic (exact) mass is 358 g/mol. The van der Waals surface area contributed by atoms with Crippen LogP contribution in [0.5, 0.6) is 0 Å². The van der Waals surface area contributed by atoms with E-state index < -0.39 is 0 Å². The fraction of sp³-hybridized carbons (Fsp3) is 0.294. The summed E-state index contributed by atoms with van der Waals surface area (Å²) in [5.74, 6) is 1.60. The Morgan fingerprint density at radius 2 is 2.08 bits per heavy atom. The first kappa shape index (κ1) is 17.2. The summed E-state index contributed by atoms with van der Waals surface area (Å²) in [6, 6.07) is 11.7. The van der Waals surface area contributed by atoms with Crippen molar-refractivity contribution in [1.29, 1.82) is 0 Å². The molecule has 1 aromatic carbocycles. The summed E-state index contributed by atoms with van der Waals surface area (Å²) in [6.45, 7) is 2.13. The van der Waals surface area contributed by atoms with E-state index in [2.05, 4.69) is 15.4 Å². The lowest BCUT2D eigenvalue weighted by Crippen LogP contribution is -2.11. The van der Waals surface area contributed by atoms with Crippen LogP contribution in [0.4, 0.5) is 0 Å². The summed E-state index contributed by atoms with van der Waals surface area (Å²) in [5, 5.41) is 13.0. The summed E-state index contributed by atoms with van der Waals surface area (Å²) in [5.41, 5.74) is 1.81. The molecule has 0 radical (unpaired) electrons. The molecule has 0 aliphatic heterocycles. The Bertz CT molecular complexity index is 845. The van der Waals surface area contributed by atoms with Crippen LogP contribution in [0, 0.1) is 0 Å². The van der Waals surface area contributed by atoms with Crippen molar-refractivity contribution in [3.8, 4) is 11.3 Å². The van der Waals surface area contributed by atoms with Crippen molar-refractivity contribution in [2.24, 2.45) is 7.05 Å². The zero-order valence-electron chi connectivity index (χ0n) is 14.0. The van der Waals surface area contributed by atoms with Gasteiger partial charge in [0.15, 0.2) is 10.9 Å². The molecule has 0 amide bonds. The number of nitrogens with zero attached hydrogens (tertiary/aromatic N) is 4. The lowest BCUT2D eigenvalue weighted by molar-refractivity contribution is -0.142. The second kappa shape index (κ2) is 7.98. The molecular formula is C17H18N4O3S. The molecule has 0 unspecified atom stereocenters. The highest BCUT2D eigenvalue weighted by Crippen LogP contribution is 2.25. The van der Waals surface area contributed by atoms with E-state index in [0.29, 0.717) is 23.3 Å². The first-order chi connectivity index (χ1) is 12.2. The smallest absolute Gasteiger partial charge is 0.313 e. The molecule has 0 saturated carbocycles. The van der Waals surface area contributed by atoms with Gasteiger partial charge in [0, 0.05) is 24.4 Å². The minimum atomic E-state index is -0.307. The Morgan fingerprint density at radius 3 is 2.84 bits per heavy atom. The third-order valence-electron chi connectivity index (χ3n) is 3.50. The predicted octanol–water partition coefficient (Wildman–Crippen LogP) is 2.87. The molecule has 0 bridgehead atoms. The van der Waals surface area contributed by atoms with Crippen LogP contribution in [0.25, 0.3) is 11.3 Å². The molecule has 3 aromatic rings. The molecule has 3 rings (SSSR count). The lowest BCUT2D eigenvalue weighted by atomic mass is 10.2. The van der Waals surface area contributed by atoms with Crippen molar-refractivity contribution in [3.05, 3.63) is 47.9 Å². The summed E-state index contributed by atoms with van der Waals surface area (Å²) >= 11 is 1.48. The molecule has 0 N–H and O–H groups in total. The van der Waals surface area contributed by atoms with Crippen molar-refractivity contribution in [1.82, 2.24) is 19.9 Å². The van der Waals surface area contributed by atoms with Crippen LogP contribution >= 0.6 is 11.8 Å². The van der Waals surface area contributed by atoms with E-state index in [9.17, 15) is 4.79 Å². The summed E-state index contributed by atoms with van der Waals surface area (Å²) in [6.07, 6.45) is 0.111. The van der Waals surface area contributed by atoms with Crippen molar-refractivity contribution in [2.45, 2.75) is 24.3 Å². The van der Waals surface area contributed by atoms with Gasteiger partial charge in [0.05, 0.1) is 12.3 Å². The van der Waals surface area contributed by atoms with Crippen molar-refractivity contribution >= 4 is 17.7 Å². The molecule has 0 atom stereocenters. The van der Waals surface area contributed by atoms with Gasteiger partial charge in [-0.3, -0.25) is 4.79 Å². The SMILES string of the molecule is CCOC(=O)Cc1nnc(SCc2cc(-c3ccccc3)on2)n1C. The van der Waals surface area contributed by atoms with Gasteiger partial charge in [-0.15, -0.1) is 10.2 Å². The van der Waals surface area contributed by atoms with Gasteiger partial charge in [0.2, 0.25) is 0 Å². The fourth-order valence-corrected chi connectivity index (χ4v) is 3.03. The van der Waals surface area contributed by atoms with E-state index in [-0.39, 0.29) is 12.4 Å². The van der Waals surface area contributed by atoms with E-state index in [0.717, 1.165) is 17.0 Å². The summed E-state index contributed by atoms with van der Waals surface area (Å²) in [7, 11) is 1.83. The van der Waals surface area contributed by atoms with Crippen molar-refractivity contribution in [3.63, 3.8) is 0 Å². The molecule has 2 aromatic heterocycles. The number of carbonyl (C=O) groups is 1. The molecule has 0 saturated heterocycles. The zero-order valence-corrected chi connectivity index (χ0v) is 14.8. The summed E-state index contributed by atoms with van der Waals surface area (Å²) in [4.78, 5) is 11.6. The fourth-order valence-electron chi connectivity index (χ4n) is 2.22. The Labute approximate surface area is 149 Å². The minimum Gasteiger partial charge on any atom is -0.466 e. The number of rotatable bonds is 7. The standard InChI is InChI=1S/C17H18N4O3S/c1-3-23-16(22)10-15-18-19-17(21(15)2)25-11-13-9-14(24-20-13)12-7-5-4-6-8-12/h4-9H,3,10-11H2,1-2H3. The lowest BCUT2D eigenvalue weighted by Gasteiger charge is -2.03. The number of hydrogen-bond acceptors (Lipinski definition) is 7. The molecule has 130 valence electrons. The Morgan fingerprint density at radius 1 is 1.28 bits per heavy atom. The largest absolute Gasteiger partial charge is 0.466 e. The Kier molecular flexibility index (Phi) is 5.49. The second-order valence-corrected chi connectivity index (χ2v) is 6.22. The van der Waals surface area contributed by atoms with Gasteiger partial charge >= 0.3 is 5.97 Å². The van der Waals surface area contributed by atoms with Crippen LogP contribution in [0.2, 0.25) is 0 Å². The molecule has 0 fully saturated rings. The number of carbonyl (C=O) groups excluding carboxylic acids is 1. The molecule has 0 aliphatic rings. The normalized spacial score (nSPS) is 10.8. The maximum atomic E-state index is 11.6. The van der Waals surface area contributed by atoms with Crippen LogP contribution in [0.3, 0.4) is 0 Å². The molecule has 25 heavy (non-hydrogen) atoms. The third-order valence-corrected chi connectivity index (χ3v) is 4.55. The van der Waals surface area contributed by atoms with Gasteiger partial charge in [0.1, 0.15) is 12.2 Å². The molecule has 7 nitrogen and oxygen atoms in total. The van der Waals surface area contributed by atoms with Gasteiger partial charge in [0.25, 0.3) is 0 Å².